The first-order valence-electron chi connectivity index (χ1n) is 10.1. The Bertz CT molecular complexity index is 353. The molecule has 0 saturated heterocycles. The monoisotopic (exact) mass is 388 g/mol. The standard InChI is InChI=1S/C19H40O4S.Na.H/c1-3-4-5-6-7-8-9-10-11-12-13-14-15-16-17-18-19-23-24(20,21)22-2;;/h3-19H2,1-2H3;;/q;+1;-1. The van der Waals surface area contributed by atoms with Gasteiger partial charge in [0.15, 0.2) is 0 Å². The van der Waals surface area contributed by atoms with E-state index in [-0.39, 0.29) is 37.6 Å². The van der Waals surface area contributed by atoms with E-state index in [1.807, 2.05) is 0 Å². The smallest absolute Gasteiger partial charge is 1.00 e. The van der Waals surface area contributed by atoms with Crippen LogP contribution >= 0.6 is 0 Å². The number of unbranched alkanes of at least 4 members (excludes halogenated alkanes) is 15. The molecule has 0 fully saturated rings. The van der Waals surface area contributed by atoms with Crippen molar-refractivity contribution in [3.63, 3.8) is 0 Å². The van der Waals surface area contributed by atoms with Gasteiger partial charge in [0, 0.05) is 0 Å². The van der Waals surface area contributed by atoms with Gasteiger partial charge in [-0.25, -0.2) is 4.18 Å². The molecule has 0 atom stereocenters. The van der Waals surface area contributed by atoms with Crippen molar-refractivity contribution in [1.82, 2.24) is 0 Å². The van der Waals surface area contributed by atoms with Gasteiger partial charge in [-0.05, 0) is 6.42 Å². The van der Waals surface area contributed by atoms with Crippen molar-refractivity contribution in [1.29, 1.82) is 0 Å². The van der Waals surface area contributed by atoms with Crippen LogP contribution in [0.1, 0.15) is 111 Å². The molecule has 0 aromatic heterocycles. The van der Waals surface area contributed by atoms with E-state index in [9.17, 15) is 8.42 Å². The van der Waals surface area contributed by atoms with E-state index in [0.717, 1.165) is 26.4 Å². The van der Waals surface area contributed by atoms with Gasteiger partial charge in [0.25, 0.3) is 0 Å². The summed E-state index contributed by atoms with van der Waals surface area (Å²) in [5, 5.41) is 0. The molecule has 0 rings (SSSR count). The zero-order chi connectivity index (χ0) is 17.9. The fourth-order valence-electron chi connectivity index (χ4n) is 2.86. The maximum atomic E-state index is 10.9. The second kappa shape index (κ2) is 21.2. The minimum atomic E-state index is -3.74. The fourth-order valence-corrected chi connectivity index (χ4v) is 3.28. The number of rotatable bonds is 19. The molecule has 0 aromatic carbocycles. The first-order valence-corrected chi connectivity index (χ1v) is 11.4. The third-order valence-electron chi connectivity index (χ3n) is 4.43. The maximum Gasteiger partial charge on any atom is 1.00 e. The van der Waals surface area contributed by atoms with Crippen LogP contribution in [0.25, 0.3) is 0 Å². The average Bonchev–Trinajstić information content (AvgIpc) is 2.57. The van der Waals surface area contributed by atoms with Crippen LogP contribution in [0.15, 0.2) is 0 Å². The van der Waals surface area contributed by atoms with E-state index in [0.29, 0.717) is 0 Å². The summed E-state index contributed by atoms with van der Waals surface area (Å²) in [6, 6.07) is 0. The van der Waals surface area contributed by atoms with E-state index in [1.54, 1.807) is 0 Å². The second-order valence-electron chi connectivity index (χ2n) is 6.70. The van der Waals surface area contributed by atoms with Crippen LogP contribution in [-0.4, -0.2) is 22.1 Å². The number of hydrogen-bond donors (Lipinski definition) is 0. The Balaban J connectivity index is -0.00000264. The quantitative estimate of drug-likeness (QED) is 0.252. The summed E-state index contributed by atoms with van der Waals surface area (Å²) in [4.78, 5) is 0. The summed E-state index contributed by atoms with van der Waals surface area (Å²) in [6.07, 6.45) is 20.8. The van der Waals surface area contributed by atoms with E-state index in [4.69, 9.17) is 0 Å². The van der Waals surface area contributed by atoms with Crippen molar-refractivity contribution in [2.45, 2.75) is 110 Å². The summed E-state index contributed by atoms with van der Waals surface area (Å²) in [6.45, 7) is 2.50. The molecule has 4 nitrogen and oxygen atoms in total. The van der Waals surface area contributed by atoms with Crippen molar-refractivity contribution in [3.8, 4) is 0 Å². The Morgan fingerprint density at radius 1 is 0.640 bits per heavy atom. The summed E-state index contributed by atoms with van der Waals surface area (Å²) < 4.78 is 30.7. The summed E-state index contributed by atoms with van der Waals surface area (Å²) in [7, 11) is -2.63. The third-order valence-corrected chi connectivity index (χ3v) is 5.29. The van der Waals surface area contributed by atoms with Gasteiger partial charge in [0.05, 0.1) is 13.7 Å². The molecule has 0 aliphatic rings. The molecule has 0 aromatic rings. The molecule has 0 saturated carbocycles. The Kier molecular flexibility index (Phi) is 23.8. The summed E-state index contributed by atoms with van der Waals surface area (Å²) in [5.41, 5.74) is 0. The van der Waals surface area contributed by atoms with Crippen LogP contribution in [0.2, 0.25) is 0 Å². The number of hydrogen-bond acceptors (Lipinski definition) is 4. The van der Waals surface area contributed by atoms with Crippen molar-refractivity contribution in [2.75, 3.05) is 13.7 Å². The topological polar surface area (TPSA) is 52.6 Å². The van der Waals surface area contributed by atoms with Crippen molar-refractivity contribution < 1.29 is 47.8 Å². The minimum Gasteiger partial charge on any atom is -1.00 e. The molecule has 0 spiro atoms. The molecular weight excluding hydrogens is 347 g/mol. The SMILES string of the molecule is CCCCCCCCCCCCCCCCCCOS(=O)(=O)OC.[H-].[Na+]. The predicted molar refractivity (Wildman–Crippen MR) is 103 cm³/mol. The Hall–Kier alpha value is 0.870. The van der Waals surface area contributed by atoms with Crippen molar-refractivity contribution in [2.24, 2.45) is 0 Å². The Labute approximate surface area is 180 Å². The van der Waals surface area contributed by atoms with Gasteiger partial charge in [-0.3, -0.25) is 4.18 Å². The molecule has 0 radical (unpaired) electrons. The van der Waals surface area contributed by atoms with Gasteiger partial charge in [-0.2, -0.15) is 8.42 Å². The van der Waals surface area contributed by atoms with Gasteiger partial charge >= 0.3 is 40.0 Å². The molecule has 0 unspecified atom stereocenters. The molecule has 25 heavy (non-hydrogen) atoms. The van der Waals surface area contributed by atoms with Gasteiger partial charge in [0.2, 0.25) is 0 Å². The molecule has 6 heteroatoms. The summed E-state index contributed by atoms with van der Waals surface area (Å²) >= 11 is 0. The fraction of sp³-hybridized carbons (Fsp3) is 1.00. The zero-order valence-corrected chi connectivity index (χ0v) is 19.9. The minimum absolute atomic E-state index is 0. The van der Waals surface area contributed by atoms with Crippen LogP contribution in [-0.2, 0) is 18.8 Å². The summed E-state index contributed by atoms with van der Waals surface area (Å²) in [5.74, 6) is 0. The first kappa shape index (κ1) is 28.1. The van der Waals surface area contributed by atoms with Crippen LogP contribution in [0.3, 0.4) is 0 Å². The molecule has 0 bridgehead atoms. The molecule has 0 N–H and O–H groups in total. The molecule has 0 heterocycles. The second-order valence-corrected chi connectivity index (χ2v) is 8.09. The largest absolute Gasteiger partial charge is 1.00 e. The molecular formula is C19H41NaO4S. The third kappa shape index (κ3) is 22.8. The predicted octanol–water partition coefficient (Wildman–Crippen LogP) is 3.27. The van der Waals surface area contributed by atoms with Crippen LogP contribution in [0.4, 0.5) is 0 Å². The molecule has 0 aliphatic heterocycles. The van der Waals surface area contributed by atoms with E-state index < -0.39 is 10.4 Å². The van der Waals surface area contributed by atoms with E-state index in [2.05, 4.69) is 15.3 Å². The maximum absolute atomic E-state index is 10.9. The van der Waals surface area contributed by atoms with Gasteiger partial charge in [-0.1, -0.05) is 103 Å². The average molecular weight is 389 g/mol. The Morgan fingerprint density at radius 2 is 0.960 bits per heavy atom. The van der Waals surface area contributed by atoms with Gasteiger partial charge < -0.3 is 1.43 Å². The van der Waals surface area contributed by atoms with Crippen molar-refractivity contribution >= 4 is 10.4 Å². The van der Waals surface area contributed by atoms with Crippen LogP contribution in [0, 0.1) is 0 Å². The molecule has 148 valence electrons. The Morgan fingerprint density at radius 3 is 1.28 bits per heavy atom. The normalized spacial score (nSPS) is 11.4. The molecule has 0 aliphatic carbocycles. The van der Waals surface area contributed by atoms with Crippen LogP contribution < -0.4 is 29.6 Å². The van der Waals surface area contributed by atoms with Crippen molar-refractivity contribution in [3.05, 3.63) is 0 Å². The molecule has 0 amide bonds. The first-order chi connectivity index (χ1) is 11.6. The van der Waals surface area contributed by atoms with Gasteiger partial charge in [0.1, 0.15) is 0 Å². The van der Waals surface area contributed by atoms with Gasteiger partial charge in [-0.15, -0.1) is 0 Å². The van der Waals surface area contributed by atoms with E-state index >= 15 is 0 Å². The zero-order valence-electron chi connectivity index (χ0n) is 18.1. The van der Waals surface area contributed by atoms with E-state index in [1.165, 1.54) is 83.5 Å². The van der Waals surface area contributed by atoms with Crippen LogP contribution in [0.5, 0.6) is 0 Å².